The molecule has 0 radical (unpaired) electrons. The fraction of sp³-hybridized carbons (Fsp3) is 0.200. The Morgan fingerprint density at radius 1 is 1.89 bits per heavy atom. The molecule has 9 heavy (non-hydrogen) atoms. The van der Waals surface area contributed by atoms with Crippen LogP contribution in [0.15, 0.2) is 10.9 Å². The molecule has 1 aromatic heterocycles. The molecule has 0 aliphatic carbocycles. The molecule has 4 heteroatoms. The molecule has 0 saturated carbocycles. The SMILES string of the molecule is CC(=O)c1nc[nH]c1Br. The Bertz CT molecular complexity index is 231. The molecule has 48 valence electrons. The maximum Gasteiger partial charge on any atom is 0.180 e. The molecule has 1 aromatic rings. The van der Waals surface area contributed by atoms with Gasteiger partial charge in [0.25, 0.3) is 0 Å². The van der Waals surface area contributed by atoms with Crippen molar-refractivity contribution in [3.8, 4) is 0 Å². The number of aromatic nitrogens is 2. The lowest BCUT2D eigenvalue weighted by molar-refractivity contribution is 0.101. The smallest absolute Gasteiger partial charge is 0.180 e. The predicted molar refractivity (Wildman–Crippen MR) is 36.3 cm³/mol. The molecule has 0 aliphatic heterocycles. The number of rotatable bonds is 1. The lowest BCUT2D eigenvalue weighted by Gasteiger charge is -1.84. The summed E-state index contributed by atoms with van der Waals surface area (Å²) in [7, 11) is 0. The Morgan fingerprint density at radius 3 is 2.78 bits per heavy atom. The minimum absolute atomic E-state index is 0.0388. The molecule has 0 amide bonds. The van der Waals surface area contributed by atoms with E-state index in [4.69, 9.17) is 0 Å². The van der Waals surface area contributed by atoms with E-state index in [0.717, 1.165) is 0 Å². The first-order valence-corrected chi connectivity index (χ1v) is 3.21. The fourth-order valence-corrected chi connectivity index (χ4v) is 1.01. The van der Waals surface area contributed by atoms with Gasteiger partial charge < -0.3 is 4.98 Å². The van der Waals surface area contributed by atoms with E-state index in [-0.39, 0.29) is 5.78 Å². The average molecular weight is 189 g/mol. The van der Waals surface area contributed by atoms with Gasteiger partial charge in [-0.2, -0.15) is 0 Å². The van der Waals surface area contributed by atoms with Crippen LogP contribution >= 0.6 is 15.9 Å². The molecule has 0 aliphatic rings. The van der Waals surface area contributed by atoms with Gasteiger partial charge in [-0.05, 0) is 15.9 Å². The van der Waals surface area contributed by atoms with Crippen molar-refractivity contribution in [1.29, 1.82) is 0 Å². The Morgan fingerprint density at radius 2 is 2.56 bits per heavy atom. The van der Waals surface area contributed by atoms with Crippen LogP contribution in [0, 0.1) is 0 Å². The quantitative estimate of drug-likeness (QED) is 0.678. The summed E-state index contributed by atoms with van der Waals surface area (Å²) < 4.78 is 0.648. The number of halogens is 1. The molecule has 1 rings (SSSR count). The van der Waals surface area contributed by atoms with E-state index in [1.807, 2.05) is 0 Å². The van der Waals surface area contributed by atoms with Gasteiger partial charge in [-0.15, -0.1) is 0 Å². The number of hydrogen-bond acceptors (Lipinski definition) is 2. The molecule has 0 fully saturated rings. The molecule has 0 spiro atoms. The summed E-state index contributed by atoms with van der Waals surface area (Å²) in [6.07, 6.45) is 1.47. The summed E-state index contributed by atoms with van der Waals surface area (Å²) in [5.41, 5.74) is 0.454. The lowest BCUT2D eigenvalue weighted by Crippen LogP contribution is -1.91. The van der Waals surface area contributed by atoms with Crippen LogP contribution in [0.5, 0.6) is 0 Å². The highest BCUT2D eigenvalue weighted by atomic mass is 79.9. The summed E-state index contributed by atoms with van der Waals surface area (Å²) >= 11 is 3.13. The van der Waals surface area contributed by atoms with E-state index in [9.17, 15) is 4.79 Å². The first-order valence-electron chi connectivity index (χ1n) is 2.41. The first kappa shape index (κ1) is 6.48. The highest BCUT2D eigenvalue weighted by Crippen LogP contribution is 2.10. The van der Waals surface area contributed by atoms with Gasteiger partial charge in [0.2, 0.25) is 0 Å². The normalized spacial score (nSPS) is 9.56. The summed E-state index contributed by atoms with van der Waals surface area (Å²) in [6.45, 7) is 1.47. The third kappa shape index (κ3) is 1.18. The van der Waals surface area contributed by atoms with Gasteiger partial charge in [0, 0.05) is 6.92 Å². The van der Waals surface area contributed by atoms with Crippen LogP contribution in [0.3, 0.4) is 0 Å². The Hall–Kier alpha value is -0.640. The van der Waals surface area contributed by atoms with Gasteiger partial charge in [-0.3, -0.25) is 4.79 Å². The van der Waals surface area contributed by atoms with Crippen molar-refractivity contribution in [2.75, 3.05) is 0 Å². The maximum absolute atomic E-state index is 10.6. The third-order valence-electron chi connectivity index (χ3n) is 0.926. The van der Waals surface area contributed by atoms with Gasteiger partial charge in [0.1, 0.15) is 10.3 Å². The topological polar surface area (TPSA) is 45.8 Å². The second-order valence-electron chi connectivity index (χ2n) is 1.62. The lowest BCUT2D eigenvalue weighted by atomic mass is 10.3. The van der Waals surface area contributed by atoms with Gasteiger partial charge in [0.05, 0.1) is 6.33 Å². The summed E-state index contributed by atoms with van der Waals surface area (Å²) in [5.74, 6) is -0.0388. The molecule has 0 aromatic carbocycles. The van der Waals surface area contributed by atoms with Crippen LogP contribution in [-0.4, -0.2) is 15.8 Å². The number of aromatic amines is 1. The molecular formula is C5H5BrN2O. The summed E-state index contributed by atoms with van der Waals surface area (Å²) in [5, 5.41) is 0. The van der Waals surface area contributed by atoms with Gasteiger partial charge in [-0.1, -0.05) is 0 Å². The molecule has 0 bridgehead atoms. The number of H-pyrrole nitrogens is 1. The third-order valence-corrected chi connectivity index (χ3v) is 1.53. The minimum Gasteiger partial charge on any atom is -0.339 e. The second-order valence-corrected chi connectivity index (χ2v) is 2.41. The zero-order valence-corrected chi connectivity index (χ0v) is 6.40. The number of carbonyl (C=O) groups excluding carboxylic acids is 1. The number of ketones is 1. The molecular weight excluding hydrogens is 184 g/mol. The molecule has 0 unspecified atom stereocenters. The standard InChI is InChI=1S/C5H5BrN2O/c1-3(9)4-5(6)8-2-7-4/h2H,1H3,(H,7,8). The maximum atomic E-state index is 10.6. The molecule has 3 nitrogen and oxygen atoms in total. The molecule has 0 saturated heterocycles. The van der Waals surface area contributed by atoms with E-state index in [2.05, 4.69) is 25.9 Å². The van der Waals surface area contributed by atoms with Crippen molar-refractivity contribution in [3.05, 3.63) is 16.6 Å². The van der Waals surface area contributed by atoms with Crippen LogP contribution in [-0.2, 0) is 0 Å². The van der Waals surface area contributed by atoms with Gasteiger partial charge in [-0.25, -0.2) is 4.98 Å². The predicted octanol–water partition coefficient (Wildman–Crippen LogP) is 1.37. The first-order chi connectivity index (χ1) is 4.22. The molecule has 1 heterocycles. The fourth-order valence-electron chi connectivity index (χ4n) is 0.524. The van der Waals surface area contributed by atoms with Crippen molar-refractivity contribution < 1.29 is 4.79 Å². The zero-order valence-electron chi connectivity index (χ0n) is 4.81. The Kier molecular flexibility index (Phi) is 1.66. The number of hydrogen-bond donors (Lipinski definition) is 1. The Balaban J connectivity index is 3.08. The van der Waals surface area contributed by atoms with E-state index < -0.39 is 0 Å². The average Bonchev–Trinajstić information content (AvgIpc) is 2.13. The van der Waals surface area contributed by atoms with Crippen LogP contribution in [0.1, 0.15) is 17.4 Å². The van der Waals surface area contributed by atoms with Crippen molar-refractivity contribution in [2.45, 2.75) is 6.92 Å². The van der Waals surface area contributed by atoms with Crippen molar-refractivity contribution in [3.63, 3.8) is 0 Å². The van der Waals surface area contributed by atoms with Crippen molar-refractivity contribution >= 4 is 21.7 Å². The van der Waals surface area contributed by atoms with Gasteiger partial charge in [0.15, 0.2) is 5.78 Å². The number of nitrogens with one attached hydrogen (secondary N) is 1. The monoisotopic (exact) mass is 188 g/mol. The number of nitrogens with zero attached hydrogens (tertiary/aromatic N) is 1. The van der Waals surface area contributed by atoms with Crippen LogP contribution in [0.2, 0.25) is 0 Å². The number of carbonyl (C=O) groups is 1. The zero-order chi connectivity index (χ0) is 6.85. The van der Waals surface area contributed by atoms with E-state index in [0.29, 0.717) is 10.3 Å². The number of Topliss-reactive ketones (excluding diaryl/α,β-unsaturated/α-hetero) is 1. The van der Waals surface area contributed by atoms with Crippen LogP contribution < -0.4 is 0 Å². The Labute approximate surface area is 60.6 Å². The minimum atomic E-state index is -0.0388. The molecule has 0 atom stereocenters. The van der Waals surface area contributed by atoms with E-state index >= 15 is 0 Å². The highest BCUT2D eigenvalue weighted by molar-refractivity contribution is 9.10. The van der Waals surface area contributed by atoms with Crippen LogP contribution in [0.25, 0.3) is 0 Å². The summed E-state index contributed by atoms with van der Waals surface area (Å²) in [4.78, 5) is 17.1. The van der Waals surface area contributed by atoms with Crippen molar-refractivity contribution in [1.82, 2.24) is 9.97 Å². The number of imidazole rings is 1. The largest absolute Gasteiger partial charge is 0.339 e. The summed E-state index contributed by atoms with van der Waals surface area (Å²) in [6, 6.07) is 0. The highest BCUT2D eigenvalue weighted by Gasteiger charge is 2.05. The van der Waals surface area contributed by atoms with E-state index in [1.54, 1.807) is 0 Å². The second kappa shape index (κ2) is 2.31. The van der Waals surface area contributed by atoms with Gasteiger partial charge >= 0.3 is 0 Å². The van der Waals surface area contributed by atoms with Crippen LogP contribution in [0.4, 0.5) is 0 Å². The van der Waals surface area contributed by atoms with E-state index in [1.165, 1.54) is 13.3 Å². The molecule has 1 N–H and O–H groups in total. The van der Waals surface area contributed by atoms with Crippen molar-refractivity contribution in [2.24, 2.45) is 0 Å².